The number of ether oxygens (including phenoxy) is 1. The number of nitrogens with zero attached hydrogens (tertiary/aromatic N) is 1. The second-order valence-electron chi connectivity index (χ2n) is 5.05. The van der Waals surface area contributed by atoms with Crippen LogP contribution in [0.15, 0.2) is 24.3 Å². The van der Waals surface area contributed by atoms with E-state index in [1.807, 2.05) is 36.1 Å². The average molecular weight is 296 g/mol. The molecule has 0 heterocycles. The topological polar surface area (TPSA) is 29.5 Å². The predicted octanol–water partition coefficient (Wildman–Crippen LogP) is 3.71. The van der Waals surface area contributed by atoms with Crippen LogP contribution in [0.2, 0.25) is 0 Å². The van der Waals surface area contributed by atoms with Gasteiger partial charge in [-0.05, 0) is 44.7 Å². The zero-order valence-corrected chi connectivity index (χ0v) is 12.7. The Bertz CT molecular complexity index is 446. The van der Waals surface area contributed by atoms with Gasteiger partial charge in [0.05, 0.1) is 12.2 Å². The quantitative estimate of drug-likeness (QED) is 0.718. The standard InChI is InChI=1S/C16H22ClNO2/c1-2-20-15-10-4-3-9-14(15)16(19)18(12-6-11-17)13-7-5-8-13/h3-4,9-10,13H,2,5-8,11-12H2,1H3. The van der Waals surface area contributed by atoms with Crippen molar-refractivity contribution in [3.05, 3.63) is 29.8 Å². The van der Waals surface area contributed by atoms with Gasteiger partial charge in [0.25, 0.3) is 5.91 Å². The van der Waals surface area contributed by atoms with Gasteiger partial charge in [-0.3, -0.25) is 4.79 Å². The molecule has 0 aliphatic heterocycles. The molecule has 1 amide bonds. The normalized spacial score (nSPS) is 14.7. The largest absolute Gasteiger partial charge is 0.493 e. The fourth-order valence-corrected chi connectivity index (χ4v) is 2.58. The van der Waals surface area contributed by atoms with Crippen molar-refractivity contribution >= 4 is 17.5 Å². The second-order valence-corrected chi connectivity index (χ2v) is 5.43. The number of carbonyl (C=O) groups excluding carboxylic acids is 1. The van der Waals surface area contributed by atoms with Crippen LogP contribution in [0.5, 0.6) is 5.75 Å². The van der Waals surface area contributed by atoms with Gasteiger partial charge in [0.15, 0.2) is 0 Å². The summed E-state index contributed by atoms with van der Waals surface area (Å²) in [6.45, 7) is 3.22. The van der Waals surface area contributed by atoms with E-state index in [2.05, 4.69) is 0 Å². The molecule has 0 unspecified atom stereocenters. The molecular formula is C16H22ClNO2. The van der Waals surface area contributed by atoms with Gasteiger partial charge in [-0.15, -0.1) is 11.6 Å². The molecule has 0 radical (unpaired) electrons. The number of halogens is 1. The van der Waals surface area contributed by atoms with Crippen molar-refractivity contribution in [3.63, 3.8) is 0 Å². The third-order valence-corrected chi connectivity index (χ3v) is 3.99. The Morgan fingerprint density at radius 3 is 2.75 bits per heavy atom. The number of hydrogen-bond acceptors (Lipinski definition) is 2. The molecule has 20 heavy (non-hydrogen) atoms. The molecule has 4 heteroatoms. The minimum Gasteiger partial charge on any atom is -0.493 e. The van der Waals surface area contributed by atoms with E-state index in [1.165, 1.54) is 6.42 Å². The molecule has 3 nitrogen and oxygen atoms in total. The molecule has 0 N–H and O–H groups in total. The third-order valence-electron chi connectivity index (χ3n) is 3.73. The van der Waals surface area contributed by atoms with Crippen molar-refractivity contribution in [1.29, 1.82) is 0 Å². The fourth-order valence-electron chi connectivity index (χ4n) is 2.46. The Hall–Kier alpha value is -1.22. The first-order valence-corrected chi connectivity index (χ1v) is 7.90. The Labute approximate surface area is 125 Å². The number of alkyl halides is 1. The van der Waals surface area contributed by atoms with E-state index in [4.69, 9.17) is 16.3 Å². The van der Waals surface area contributed by atoms with Crippen LogP contribution in [-0.4, -0.2) is 35.9 Å². The summed E-state index contributed by atoms with van der Waals surface area (Å²) in [5.74, 6) is 1.34. The summed E-state index contributed by atoms with van der Waals surface area (Å²) < 4.78 is 5.57. The van der Waals surface area contributed by atoms with Crippen molar-refractivity contribution in [1.82, 2.24) is 4.90 Å². The molecule has 110 valence electrons. The van der Waals surface area contributed by atoms with Gasteiger partial charge < -0.3 is 9.64 Å². The van der Waals surface area contributed by atoms with E-state index >= 15 is 0 Å². The molecule has 1 aliphatic carbocycles. The maximum absolute atomic E-state index is 12.8. The van der Waals surface area contributed by atoms with Crippen molar-refractivity contribution in [3.8, 4) is 5.75 Å². The van der Waals surface area contributed by atoms with Crippen molar-refractivity contribution in [2.24, 2.45) is 0 Å². The maximum Gasteiger partial charge on any atom is 0.257 e. The molecule has 0 bridgehead atoms. The molecule has 1 saturated carbocycles. The molecule has 0 atom stereocenters. The van der Waals surface area contributed by atoms with Gasteiger partial charge in [0.2, 0.25) is 0 Å². The number of benzene rings is 1. The van der Waals surface area contributed by atoms with Crippen LogP contribution < -0.4 is 4.74 Å². The highest BCUT2D eigenvalue weighted by atomic mass is 35.5. The summed E-state index contributed by atoms with van der Waals surface area (Å²) in [5, 5.41) is 0. The third kappa shape index (κ3) is 3.45. The predicted molar refractivity (Wildman–Crippen MR) is 81.6 cm³/mol. The van der Waals surface area contributed by atoms with Crippen LogP contribution in [-0.2, 0) is 0 Å². The lowest BCUT2D eigenvalue weighted by Gasteiger charge is -2.37. The number of amides is 1. The van der Waals surface area contributed by atoms with E-state index in [0.29, 0.717) is 29.8 Å². The monoisotopic (exact) mass is 295 g/mol. The van der Waals surface area contributed by atoms with Crippen molar-refractivity contribution in [2.75, 3.05) is 19.0 Å². The second kappa shape index (κ2) is 7.53. The van der Waals surface area contributed by atoms with Crippen molar-refractivity contribution in [2.45, 2.75) is 38.6 Å². The molecule has 1 aromatic rings. The Morgan fingerprint density at radius 2 is 2.15 bits per heavy atom. The summed E-state index contributed by atoms with van der Waals surface area (Å²) in [7, 11) is 0. The van der Waals surface area contributed by atoms with E-state index in [-0.39, 0.29) is 5.91 Å². The summed E-state index contributed by atoms with van der Waals surface area (Å²) in [6.07, 6.45) is 4.25. The highest BCUT2D eigenvalue weighted by Crippen LogP contribution is 2.28. The Kier molecular flexibility index (Phi) is 5.72. The Morgan fingerprint density at radius 1 is 1.40 bits per heavy atom. The summed E-state index contributed by atoms with van der Waals surface area (Å²) in [4.78, 5) is 14.8. The van der Waals surface area contributed by atoms with Gasteiger partial charge in [-0.1, -0.05) is 12.1 Å². The smallest absolute Gasteiger partial charge is 0.257 e. The molecular weight excluding hydrogens is 274 g/mol. The maximum atomic E-state index is 12.8. The van der Waals surface area contributed by atoms with Crippen LogP contribution in [0, 0.1) is 0 Å². The minimum atomic E-state index is 0.0730. The van der Waals surface area contributed by atoms with E-state index in [0.717, 1.165) is 25.8 Å². The molecule has 0 spiro atoms. The van der Waals surface area contributed by atoms with Crippen LogP contribution in [0.1, 0.15) is 43.0 Å². The van der Waals surface area contributed by atoms with Gasteiger partial charge in [0.1, 0.15) is 5.75 Å². The van der Waals surface area contributed by atoms with E-state index < -0.39 is 0 Å². The first-order chi connectivity index (χ1) is 9.77. The summed E-state index contributed by atoms with van der Waals surface area (Å²) in [6, 6.07) is 7.86. The molecule has 0 saturated heterocycles. The summed E-state index contributed by atoms with van der Waals surface area (Å²) >= 11 is 5.78. The number of hydrogen-bond donors (Lipinski definition) is 0. The highest BCUT2D eigenvalue weighted by Gasteiger charge is 2.30. The number of rotatable bonds is 7. The molecule has 1 fully saturated rings. The summed E-state index contributed by atoms with van der Waals surface area (Å²) in [5.41, 5.74) is 0.663. The van der Waals surface area contributed by atoms with Crippen LogP contribution in [0.25, 0.3) is 0 Å². The van der Waals surface area contributed by atoms with E-state index in [1.54, 1.807) is 0 Å². The number of carbonyl (C=O) groups is 1. The van der Waals surface area contributed by atoms with Crippen LogP contribution in [0.3, 0.4) is 0 Å². The van der Waals surface area contributed by atoms with E-state index in [9.17, 15) is 4.79 Å². The van der Waals surface area contributed by atoms with Crippen molar-refractivity contribution < 1.29 is 9.53 Å². The van der Waals surface area contributed by atoms with Gasteiger partial charge in [-0.25, -0.2) is 0 Å². The van der Waals surface area contributed by atoms with Gasteiger partial charge >= 0.3 is 0 Å². The highest BCUT2D eigenvalue weighted by molar-refractivity contribution is 6.17. The SMILES string of the molecule is CCOc1ccccc1C(=O)N(CCCCl)C1CCC1. The van der Waals surface area contributed by atoms with Crippen LogP contribution in [0.4, 0.5) is 0 Å². The zero-order valence-electron chi connectivity index (χ0n) is 12.0. The molecule has 1 aromatic carbocycles. The van der Waals surface area contributed by atoms with Gasteiger partial charge in [0, 0.05) is 18.5 Å². The molecule has 2 rings (SSSR count). The number of para-hydroxylation sites is 1. The minimum absolute atomic E-state index is 0.0730. The molecule has 1 aliphatic rings. The lowest BCUT2D eigenvalue weighted by Crippen LogP contribution is -2.45. The first kappa shape index (κ1) is 15.2. The van der Waals surface area contributed by atoms with Crippen LogP contribution >= 0.6 is 11.6 Å². The Balaban J connectivity index is 2.17. The van der Waals surface area contributed by atoms with Gasteiger partial charge in [-0.2, -0.15) is 0 Å². The average Bonchev–Trinajstić information content (AvgIpc) is 2.41. The zero-order chi connectivity index (χ0) is 14.4. The molecule has 0 aromatic heterocycles. The lowest BCUT2D eigenvalue weighted by molar-refractivity contribution is 0.0577. The lowest BCUT2D eigenvalue weighted by atomic mass is 9.90. The first-order valence-electron chi connectivity index (χ1n) is 7.36. The fraction of sp³-hybridized carbons (Fsp3) is 0.562.